The van der Waals surface area contributed by atoms with Gasteiger partial charge >= 0.3 is 0 Å². The van der Waals surface area contributed by atoms with Gasteiger partial charge in [0.2, 0.25) is 0 Å². The molecule has 9 heteroatoms. The predicted octanol–water partition coefficient (Wildman–Crippen LogP) is 4.90. The number of benzene rings is 2. The third kappa shape index (κ3) is 6.75. The first-order valence-electron chi connectivity index (χ1n) is 8.38. The van der Waals surface area contributed by atoms with Gasteiger partial charge in [-0.25, -0.2) is 0 Å². The van der Waals surface area contributed by atoms with Gasteiger partial charge in [-0.05, 0) is 35.6 Å². The highest BCUT2D eigenvalue weighted by Crippen LogP contribution is 2.43. The van der Waals surface area contributed by atoms with Gasteiger partial charge in [0.15, 0.2) is 10.2 Å². The van der Waals surface area contributed by atoms with Crippen molar-refractivity contribution in [1.82, 2.24) is 10.6 Å². The molecule has 0 atom stereocenters. The minimum absolute atomic E-state index is 0. The molecule has 6 N–H and O–H groups in total. The monoisotopic (exact) mass is 572 g/mol. The van der Waals surface area contributed by atoms with Crippen molar-refractivity contribution in [2.45, 2.75) is 13.1 Å². The maximum absolute atomic E-state index is 5.66. The molecule has 1 heterocycles. The van der Waals surface area contributed by atoms with Crippen LogP contribution in [0.25, 0.3) is 22.3 Å². The molecular weight excluding hydrogens is 552 g/mol. The second kappa shape index (κ2) is 12.2. The Morgan fingerprint density at radius 1 is 0.690 bits per heavy atom. The quantitative estimate of drug-likeness (QED) is 0.314. The lowest BCUT2D eigenvalue weighted by molar-refractivity contribution is 0.940. The standard InChI is InChI=1S/C20H20N4S3.2BrH/c21-19(25)23-11-15-17(13-7-3-1-4-8-13)18(14-9-5-2-6-10-14)16(27-15)12-24-20(22)26;;/h1-10H,11-12H2,(H3,21,23,25)(H3,22,24,26);2*1H. The molecule has 0 amide bonds. The number of halogens is 2. The average Bonchev–Trinajstić information content (AvgIpc) is 3.04. The molecule has 0 aliphatic carbocycles. The Morgan fingerprint density at radius 2 is 1.03 bits per heavy atom. The molecule has 0 aliphatic rings. The zero-order valence-electron chi connectivity index (χ0n) is 15.4. The first-order valence-corrected chi connectivity index (χ1v) is 10.0. The molecular formula is C20H22Br2N4S3. The van der Waals surface area contributed by atoms with Crippen LogP contribution < -0.4 is 22.1 Å². The van der Waals surface area contributed by atoms with E-state index >= 15 is 0 Å². The molecule has 154 valence electrons. The molecule has 4 nitrogen and oxygen atoms in total. The van der Waals surface area contributed by atoms with Crippen LogP contribution in [0.2, 0.25) is 0 Å². The molecule has 29 heavy (non-hydrogen) atoms. The van der Waals surface area contributed by atoms with Crippen molar-refractivity contribution in [2.24, 2.45) is 11.5 Å². The molecule has 0 bridgehead atoms. The Hall–Kier alpha value is -1.52. The van der Waals surface area contributed by atoms with Crippen LogP contribution in [-0.4, -0.2) is 10.2 Å². The summed E-state index contributed by atoms with van der Waals surface area (Å²) in [6.45, 7) is 1.13. The SMILES string of the molecule is Br.Br.NC(=S)NCc1sc(CNC(N)=S)c(-c2ccccc2)c1-c1ccccc1. The lowest BCUT2D eigenvalue weighted by atomic mass is 9.94. The Labute approximate surface area is 206 Å². The van der Waals surface area contributed by atoms with Crippen molar-refractivity contribution in [2.75, 3.05) is 0 Å². The molecule has 0 fully saturated rings. The Morgan fingerprint density at radius 3 is 1.34 bits per heavy atom. The van der Waals surface area contributed by atoms with Gasteiger partial charge in [-0.2, -0.15) is 0 Å². The fraction of sp³-hybridized carbons (Fsp3) is 0.100. The minimum atomic E-state index is 0. The number of nitrogens with two attached hydrogens (primary N) is 2. The van der Waals surface area contributed by atoms with E-state index in [1.54, 1.807) is 11.3 Å². The number of rotatable bonds is 6. The summed E-state index contributed by atoms with van der Waals surface area (Å²) in [6, 6.07) is 20.7. The van der Waals surface area contributed by atoms with Gasteiger partial charge in [0.1, 0.15) is 0 Å². The minimum Gasteiger partial charge on any atom is -0.376 e. The molecule has 1 aromatic heterocycles. The van der Waals surface area contributed by atoms with Crippen LogP contribution in [0.5, 0.6) is 0 Å². The van der Waals surface area contributed by atoms with Crippen LogP contribution in [0.4, 0.5) is 0 Å². The van der Waals surface area contributed by atoms with E-state index in [-0.39, 0.29) is 44.2 Å². The maximum atomic E-state index is 5.66. The summed E-state index contributed by atoms with van der Waals surface area (Å²) in [7, 11) is 0. The van der Waals surface area contributed by atoms with Crippen LogP contribution >= 0.6 is 69.7 Å². The van der Waals surface area contributed by atoms with Crippen molar-refractivity contribution in [3.05, 3.63) is 70.4 Å². The van der Waals surface area contributed by atoms with E-state index in [9.17, 15) is 0 Å². The highest BCUT2D eigenvalue weighted by atomic mass is 79.9. The highest BCUT2D eigenvalue weighted by Gasteiger charge is 2.20. The van der Waals surface area contributed by atoms with Crippen molar-refractivity contribution in [1.29, 1.82) is 0 Å². The summed E-state index contributed by atoms with van der Waals surface area (Å²) >= 11 is 11.7. The van der Waals surface area contributed by atoms with Crippen LogP contribution in [-0.2, 0) is 13.1 Å². The number of hydrogen-bond donors (Lipinski definition) is 4. The molecule has 0 radical (unpaired) electrons. The molecule has 3 rings (SSSR count). The highest BCUT2D eigenvalue weighted by molar-refractivity contribution is 8.93. The number of thiocarbonyl (C=S) groups is 2. The van der Waals surface area contributed by atoms with Crippen molar-refractivity contribution >= 4 is 80.0 Å². The van der Waals surface area contributed by atoms with E-state index in [4.69, 9.17) is 35.9 Å². The Bertz CT molecular complexity index is 871. The summed E-state index contributed by atoms with van der Waals surface area (Å²) < 4.78 is 0. The van der Waals surface area contributed by atoms with Gasteiger partial charge in [0.25, 0.3) is 0 Å². The van der Waals surface area contributed by atoms with Gasteiger partial charge in [0.05, 0.1) is 13.1 Å². The first kappa shape index (κ1) is 25.5. The zero-order chi connectivity index (χ0) is 19.2. The topological polar surface area (TPSA) is 76.1 Å². The zero-order valence-corrected chi connectivity index (χ0v) is 21.3. The smallest absolute Gasteiger partial charge is 0.163 e. The summed E-state index contributed by atoms with van der Waals surface area (Å²) in [6.07, 6.45) is 0. The van der Waals surface area contributed by atoms with Gasteiger partial charge in [0, 0.05) is 20.9 Å². The molecule has 0 spiro atoms. The predicted molar refractivity (Wildman–Crippen MR) is 143 cm³/mol. The number of nitrogens with one attached hydrogen (secondary N) is 2. The Balaban J connectivity index is 0.00000210. The maximum Gasteiger partial charge on any atom is 0.163 e. The summed E-state index contributed by atoms with van der Waals surface area (Å²) in [4.78, 5) is 2.32. The van der Waals surface area contributed by atoms with Crippen LogP contribution in [0, 0.1) is 0 Å². The van der Waals surface area contributed by atoms with Gasteiger partial charge in [-0.1, -0.05) is 60.7 Å². The van der Waals surface area contributed by atoms with Crippen molar-refractivity contribution < 1.29 is 0 Å². The lowest BCUT2D eigenvalue weighted by Crippen LogP contribution is -2.28. The molecule has 0 unspecified atom stereocenters. The normalized spacial score (nSPS) is 9.66. The van der Waals surface area contributed by atoms with E-state index in [0.717, 1.165) is 20.9 Å². The summed E-state index contributed by atoms with van der Waals surface area (Å²) in [5, 5.41) is 6.72. The summed E-state index contributed by atoms with van der Waals surface area (Å²) in [5.41, 5.74) is 16.0. The molecule has 0 saturated carbocycles. The lowest BCUT2D eigenvalue weighted by Gasteiger charge is -2.11. The summed E-state index contributed by atoms with van der Waals surface area (Å²) in [5.74, 6) is 0. The molecule has 0 aliphatic heterocycles. The molecule has 0 saturated heterocycles. The molecule has 2 aromatic carbocycles. The van der Waals surface area contributed by atoms with Crippen molar-refractivity contribution in [3.8, 4) is 22.3 Å². The van der Waals surface area contributed by atoms with E-state index in [1.165, 1.54) is 11.1 Å². The largest absolute Gasteiger partial charge is 0.376 e. The number of hydrogen-bond acceptors (Lipinski definition) is 3. The van der Waals surface area contributed by atoms with E-state index in [2.05, 4.69) is 34.9 Å². The molecule has 3 aromatic rings. The van der Waals surface area contributed by atoms with Gasteiger partial charge < -0.3 is 22.1 Å². The van der Waals surface area contributed by atoms with Gasteiger partial charge in [-0.15, -0.1) is 45.3 Å². The third-order valence-corrected chi connectivity index (χ3v) is 5.50. The fourth-order valence-corrected chi connectivity index (χ4v) is 4.31. The Kier molecular flexibility index (Phi) is 10.8. The second-order valence-corrected chi connectivity index (χ2v) is 7.94. The van der Waals surface area contributed by atoms with Crippen molar-refractivity contribution in [3.63, 3.8) is 0 Å². The van der Waals surface area contributed by atoms with E-state index < -0.39 is 0 Å². The first-order chi connectivity index (χ1) is 13.1. The van der Waals surface area contributed by atoms with E-state index in [0.29, 0.717) is 13.1 Å². The fourth-order valence-electron chi connectivity index (χ4n) is 2.93. The third-order valence-electron chi connectivity index (χ3n) is 4.03. The van der Waals surface area contributed by atoms with Crippen LogP contribution in [0.1, 0.15) is 9.75 Å². The van der Waals surface area contributed by atoms with Crippen LogP contribution in [0.15, 0.2) is 60.7 Å². The average molecular weight is 574 g/mol. The number of thiophene rings is 1. The second-order valence-electron chi connectivity index (χ2n) is 5.87. The van der Waals surface area contributed by atoms with Crippen LogP contribution in [0.3, 0.4) is 0 Å². The van der Waals surface area contributed by atoms with E-state index in [1.807, 2.05) is 36.4 Å². The van der Waals surface area contributed by atoms with Gasteiger partial charge in [-0.3, -0.25) is 0 Å².